The smallest absolute Gasteiger partial charge is 0.223 e. The normalized spacial score (nSPS) is 20.9. The maximum atomic E-state index is 11.3. The molecule has 22 heavy (non-hydrogen) atoms. The van der Waals surface area contributed by atoms with Gasteiger partial charge in [-0.3, -0.25) is 4.79 Å². The van der Waals surface area contributed by atoms with Crippen LogP contribution in [0.3, 0.4) is 0 Å². The average Bonchev–Trinajstić information content (AvgIpc) is 2.87. The number of aryl methyl sites for hydroxylation is 1. The Morgan fingerprint density at radius 1 is 1.55 bits per heavy atom. The summed E-state index contributed by atoms with van der Waals surface area (Å²) in [7, 11) is 1.73. The molecule has 2 N–H and O–H groups in total. The molecule has 1 aliphatic rings. The molecule has 0 bridgehead atoms. The number of carbonyl (C=O) groups is 1. The Balaban J connectivity index is 1.82. The predicted octanol–water partition coefficient (Wildman–Crippen LogP) is 2.14. The molecule has 120 valence electrons. The number of nitrogens with zero attached hydrogens (tertiary/aromatic N) is 1. The molecule has 1 saturated carbocycles. The second-order valence-corrected chi connectivity index (χ2v) is 6.69. The van der Waals surface area contributed by atoms with Crippen molar-refractivity contribution in [3.8, 4) is 11.8 Å². The van der Waals surface area contributed by atoms with E-state index in [4.69, 9.17) is 15.0 Å². The zero-order valence-corrected chi connectivity index (χ0v) is 13.5. The van der Waals surface area contributed by atoms with Crippen LogP contribution in [-0.4, -0.2) is 24.8 Å². The average molecular weight is 304 g/mol. The number of rotatable bonds is 6. The Labute approximate surface area is 131 Å². The molecular weight excluding hydrogens is 280 g/mol. The molecule has 1 heterocycles. The fraction of sp³-hybridized carbons (Fsp3) is 0.647. The van der Waals surface area contributed by atoms with Crippen molar-refractivity contribution in [3.63, 3.8) is 0 Å². The highest BCUT2D eigenvalue weighted by molar-refractivity contribution is 5.79. The van der Waals surface area contributed by atoms with Crippen molar-refractivity contribution in [2.75, 3.05) is 13.7 Å². The van der Waals surface area contributed by atoms with E-state index in [-0.39, 0.29) is 5.91 Å². The Morgan fingerprint density at radius 3 is 2.91 bits per heavy atom. The van der Waals surface area contributed by atoms with Crippen molar-refractivity contribution >= 4 is 5.91 Å². The van der Waals surface area contributed by atoms with Crippen LogP contribution in [0.25, 0.3) is 0 Å². The summed E-state index contributed by atoms with van der Waals surface area (Å²) < 4.78 is 10.3. The van der Waals surface area contributed by atoms with Crippen LogP contribution in [0.1, 0.15) is 44.6 Å². The number of aromatic nitrogens is 1. The van der Waals surface area contributed by atoms with Crippen LogP contribution in [0.2, 0.25) is 0 Å². The maximum absolute atomic E-state index is 11.3. The fourth-order valence-electron chi connectivity index (χ4n) is 2.45. The summed E-state index contributed by atoms with van der Waals surface area (Å²) in [5.74, 6) is 7.61. The van der Waals surface area contributed by atoms with Crippen LogP contribution in [0.15, 0.2) is 10.6 Å². The molecule has 1 aliphatic carbocycles. The van der Waals surface area contributed by atoms with Crippen LogP contribution in [0, 0.1) is 29.1 Å². The summed E-state index contributed by atoms with van der Waals surface area (Å²) in [5, 5.41) is 4.00. The topological polar surface area (TPSA) is 78.4 Å². The summed E-state index contributed by atoms with van der Waals surface area (Å²) in [5.41, 5.74) is 5.64. The van der Waals surface area contributed by atoms with Crippen LogP contribution < -0.4 is 5.73 Å². The minimum Gasteiger partial charge on any atom is -0.384 e. The summed E-state index contributed by atoms with van der Waals surface area (Å²) in [6.07, 6.45) is 3.48. The third kappa shape index (κ3) is 4.35. The lowest BCUT2D eigenvalue weighted by Crippen LogP contribution is -2.31. The molecule has 0 unspecified atom stereocenters. The molecule has 1 fully saturated rings. The summed E-state index contributed by atoms with van der Waals surface area (Å²) in [6, 6.07) is 1.84. The molecule has 1 aromatic rings. The number of primary amides is 1. The number of amides is 1. The molecule has 0 spiro atoms. The lowest BCUT2D eigenvalue weighted by Gasteiger charge is -2.30. The molecular formula is C17H24N2O3. The van der Waals surface area contributed by atoms with Crippen LogP contribution in [0.5, 0.6) is 0 Å². The van der Waals surface area contributed by atoms with Gasteiger partial charge in [0.05, 0.1) is 5.69 Å². The van der Waals surface area contributed by atoms with Crippen molar-refractivity contribution in [2.24, 2.45) is 23.0 Å². The molecule has 0 aromatic carbocycles. The zero-order chi connectivity index (χ0) is 16.2. The van der Waals surface area contributed by atoms with Gasteiger partial charge < -0.3 is 15.0 Å². The SMILES string of the molecule is COCC1CC(C#Cc2cc(CCC(C)(C)C(N)=O)no2)C1. The Morgan fingerprint density at radius 2 is 2.27 bits per heavy atom. The van der Waals surface area contributed by atoms with E-state index in [1.807, 2.05) is 19.9 Å². The van der Waals surface area contributed by atoms with Crippen molar-refractivity contribution in [2.45, 2.75) is 39.5 Å². The standard InChI is InChI=1S/C17H24N2O3/c1-17(2,16(18)20)7-6-14-10-15(22-19-14)5-4-12-8-13(9-12)11-21-3/h10,12-13H,6-9,11H2,1-3H3,(H2,18,20). The van der Waals surface area contributed by atoms with Crippen molar-refractivity contribution in [3.05, 3.63) is 17.5 Å². The van der Waals surface area contributed by atoms with Crippen molar-refractivity contribution in [1.29, 1.82) is 0 Å². The van der Waals surface area contributed by atoms with E-state index in [9.17, 15) is 4.79 Å². The second-order valence-electron chi connectivity index (χ2n) is 6.69. The van der Waals surface area contributed by atoms with Gasteiger partial charge in [0.2, 0.25) is 11.7 Å². The zero-order valence-electron chi connectivity index (χ0n) is 13.5. The largest absolute Gasteiger partial charge is 0.384 e. The number of carbonyl (C=O) groups excluding carboxylic acids is 1. The summed E-state index contributed by atoms with van der Waals surface area (Å²) in [4.78, 5) is 11.3. The number of nitrogens with two attached hydrogens (primary N) is 1. The van der Waals surface area contributed by atoms with Gasteiger partial charge in [-0.25, -0.2) is 0 Å². The molecule has 0 saturated heterocycles. The lowest BCUT2D eigenvalue weighted by atomic mass is 9.76. The molecule has 2 rings (SSSR count). The number of hydrogen-bond acceptors (Lipinski definition) is 4. The fourth-order valence-corrected chi connectivity index (χ4v) is 2.45. The Bertz CT molecular complexity index is 574. The van der Waals surface area contributed by atoms with E-state index in [0.717, 1.165) is 25.1 Å². The Kier molecular flexibility index (Phi) is 5.25. The minimum atomic E-state index is -0.535. The van der Waals surface area contributed by atoms with E-state index in [1.54, 1.807) is 7.11 Å². The van der Waals surface area contributed by atoms with Crippen molar-refractivity contribution < 1.29 is 14.1 Å². The maximum Gasteiger partial charge on any atom is 0.223 e. The number of ether oxygens (including phenoxy) is 1. The van der Waals surface area contributed by atoms with Crippen LogP contribution in [-0.2, 0) is 16.0 Å². The van der Waals surface area contributed by atoms with Crippen LogP contribution in [0.4, 0.5) is 0 Å². The molecule has 0 radical (unpaired) electrons. The Hall–Kier alpha value is -1.80. The van der Waals surface area contributed by atoms with Gasteiger partial charge in [0.15, 0.2) is 0 Å². The van der Waals surface area contributed by atoms with E-state index in [2.05, 4.69) is 17.0 Å². The first-order valence-electron chi connectivity index (χ1n) is 7.66. The van der Waals surface area contributed by atoms with Crippen molar-refractivity contribution in [1.82, 2.24) is 5.16 Å². The second kappa shape index (κ2) is 6.97. The predicted molar refractivity (Wildman–Crippen MR) is 82.8 cm³/mol. The monoisotopic (exact) mass is 304 g/mol. The van der Waals surface area contributed by atoms with E-state index in [0.29, 0.717) is 30.4 Å². The molecule has 1 aromatic heterocycles. The van der Waals surface area contributed by atoms with E-state index < -0.39 is 5.41 Å². The highest BCUT2D eigenvalue weighted by Gasteiger charge is 2.27. The third-order valence-electron chi connectivity index (χ3n) is 4.27. The highest BCUT2D eigenvalue weighted by Crippen LogP contribution is 2.33. The van der Waals surface area contributed by atoms with E-state index in [1.165, 1.54) is 0 Å². The van der Waals surface area contributed by atoms with E-state index >= 15 is 0 Å². The molecule has 5 heteroatoms. The van der Waals surface area contributed by atoms with Gasteiger partial charge >= 0.3 is 0 Å². The van der Waals surface area contributed by atoms with Gasteiger partial charge in [0, 0.05) is 31.1 Å². The first kappa shape index (κ1) is 16.6. The van der Waals surface area contributed by atoms with Crippen LogP contribution >= 0.6 is 0 Å². The van der Waals surface area contributed by atoms with Gasteiger partial charge in [0.1, 0.15) is 0 Å². The molecule has 0 aliphatic heterocycles. The first-order valence-corrected chi connectivity index (χ1v) is 7.66. The summed E-state index contributed by atoms with van der Waals surface area (Å²) in [6.45, 7) is 4.49. The first-order chi connectivity index (χ1) is 10.4. The highest BCUT2D eigenvalue weighted by atomic mass is 16.5. The molecule has 1 amide bonds. The molecule has 0 atom stereocenters. The minimum absolute atomic E-state index is 0.299. The van der Waals surface area contributed by atoms with Gasteiger partial charge in [0.25, 0.3) is 0 Å². The summed E-state index contributed by atoms with van der Waals surface area (Å²) >= 11 is 0. The third-order valence-corrected chi connectivity index (χ3v) is 4.27. The van der Waals surface area contributed by atoms with Gasteiger partial charge in [-0.15, -0.1) is 0 Å². The molecule has 5 nitrogen and oxygen atoms in total. The van der Waals surface area contributed by atoms with Gasteiger partial charge in [-0.05, 0) is 37.5 Å². The number of methoxy groups -OCH3 is 1. The quantitative estimate of drug-likeness (QED) is 0.817. The van der Waals surface area contributed by atoms with Gasteiger partial charge in [-0.2, -0.15) is 0 Å². The number of hydrogen-bond donors (Lipinski definition) is 1. The van der Waals surface area contributed by atoms with Gasteiger partial charge in [-0.1, -0.05) is 24.9 Å². The lowest BCUT2D eigenvalue weighted by molar-refractivity contribution is -0.126.